The van der Waals surface area contributed by atoms with Gasteiger partial charge in [-0.2, -0.15) is 5.10 Å². The Kier molecular flexibility index (Phi) is 4.40. The first kappa shape index (κ1) is 13.9. The normalized spacial score (nSPS) is 20.1. The van der Waals surface area contributed by atoms with Crippen LogP contribution in [0, 0.1) is 5.82 Å². The second-order valence-corrected chi connectivity index (χ2v) is 5.39. The van der Waals surface area contributed by atoms with Crippen molar-refractivity contribution in [3.05, 3.63) is 54.4 Å². The minimum absolute atomic E-state index is 0.196. The highest BCUT2D eigenvalue weighted by Crippen LogP contribution is 2.20. The number of benzene rings is 1. The van der Waals surface area contributed by atoms with E-state index in [1.807, 2.05) is 10.8 Å². The Bertz CT molecular complexity index is 577. The van der Waals surface area contributed by atoms with Gasteiger partial charge < -0.3 is 0 Å². The fraction of sp³-hybridized carbons (Fsp3) is 0.375. The van der Waals surface area contributed by atoms with Crippen molar-refractivity contribution in [3.8, 4) is 0 Å². The Labute approximate surface area is 123 Å². The van der Waals surface area contributed by atoms with E-state index in [1.165, 1.54) is 18.6 Å². The van der Waals surface area contributed by atoms with Gasteiger partial charge in [-0.05, 0) is 37.1 Å². The van der Waals surface area contributed by atoms with Crippen molar-refractivity contribution in [1.82, 2.24) is 19.7 Å². The lowest BCUT2D eigenvalue weighted by molar-refractivity contribution is 0.185. The third-order valence-corrected chi connectivity index (χ3v) is 3.84. The van der Waals surface area contributed by atoms with Crippen molar-refractivity contribution < 1.29 is 4.39 Å². The molecule has 1 aromatic carbocycles. The number of hydrogen-bond donors (Lipinski definition) is 0. The molecule has 1 atom stereocenters. The smallest absolute Gasteiger partial charge is 0.137 e. The van der Waals surface area contributed by atoms with Gasteiger partial charge in [-0.25, -0.2) is 14.1 Å². The fourth-order valence-corrected chi connectivity index (χ4v) is 2.73. The van der Waals surface area contributed by atoms with E-state index >= 15 is 0 Å². The summed E-state index contributed by atoms with van der Waals surface area (Å²) in [5.41, 5.74) is 1.03. The first-order valence-corrected chi connectivity index (χ1v) is 7.30. The zero-order valence-electron chi connectivity index (χ0n) is 11.9. The molecule has 0 saturated carbocycles. The predicted molar refractivity (Wildman–Crippen MR) is 80.2 cm³/mol. The lowest BCUT2D eigenvalue weighted by atomic mass is 10.1. The fourth-order valence-electron chi connectivity index (χ4n) is 2.73. The van der Waals surface area contributed by atoms with Crippen LogP contribution in [0.3, 0.4) is 0 Å². The molecule has 1 aliphatic heterocycles. The summed E-state index contributed by atoms with van der Waals surface area (Å²) in [5.74, 6) is -0.196. The zero-order valence-corrected chi connectivity index (χ0v) is 11.9. The summed E-state index contributed by atoms with van der Waals surface area (Å²) in [7, 11) is 0. The van der Waals surface area contributed by atoms with Crippen LogP contribution in [0.25, 0.3) is 6.08 Å². The molecule has 1 unspecified atom stereocenters. The van der Waals surface area contributed by atoms with Gasteiger partial charge in [0.05, 0.1) is 6.04 Å². The number of likely N-dealkylation sites (tertiary alicyclic amines) is 1. The maximum absolute atomic E-state index is 12.8. The number of nitrogens with zero attached hydrogens (tertiary/aromatic N) is 4. The van der Waals surface area contributed by atoms with Gasteiger partial charge >= 0.3 is 0 Å². The molecular formula is C16H19FN4. The summed E-state index contributed by atoms with van der Waals surface area (Å²) < 4.78 is 14.8. The highest BCUT2D eigenvalue weighted by atomic mass is 19.1. The summed E-state index contributed by atoms with van der Waals surface area (Å²) >= 11 is 0. The highest BCUT2D eigenvalue weighted by molar-refractivity contribution is 5.48. The molecule has 0 radical (unpaired) electrons. The van der Waals surface area contributed by atoms with Crippen molar-refractivity contribution in [3.63, 3.8) is 0 Å². The average molecular weight is 286 g/mol. The van der Waals surface area contributed by atoms with Crippen LogP contribution in [-0.4, -0.2) is 39.3 Å². The lowest BCUT2D eigenvalue weighted by Crippen LogP contribution is -2.36. The zero-order chi connectivity index (χ0) is 14.5. The largest absolute Gasteiger partial charge is 0.298 e. The molecule has 2 heterocycles. The van der Waals surface area contributed by atoms with Gasteiger partial charge in [0.15, 0.2) is 0 Å². The topological polar surface area (TPSA) is 34.0 Å². The van der Waals surface area contributed by atoms with Crippen LogP contribution in [0.2, 0.25) is 0 Å². The molecule has 1 aliphatic rings. The first-order chi connectivity index (χ1) is 10.3. The molecule has 1 saturated heterocycles. The number of piperidine rings is 1. The van der Waals surface area contributed by atoms with Crippen LogP contribution in [-0.2, 0) is 0 Å². The lowest BCUT2D eigenvalue weighted by Gasteiger charge is -2.31. The minimum atomic E-state index is -0.196. The van der Waals surface area contributed by atoms with E-state index in [0.717, 1.165) is 31.6 Å². The van der Waals surface area contributed by atoms with Gasteiger partial charge in [-0.1, -0.05) is 24.3 Å². The minimum Gasteiger partial charge on any atom is -0.298 e. The Morgan fingerprint density at radius 2 is 2.14 bits per heavy atom. The molecule has 0 amide bonds. The van der Waals surface area contributed by atoms with Crippen LogP contribution in [0.1, 0.15) is 24.4 Å². The first-order valence-electron chi connectivity index (χ1n) is 7.30. The molecule has 21 heavy (non-hydrogen) atoms. The van der Waals surface area contributed by atoms with Gasteiger partial charge in [0.2, 0.25) is 0 Å². The Balaban J connectivity index is 1.54. The van der Waals surface area contributed by atoms with Crippen LogP contribution in [0.15, 0.2) is 43.0 Å². The number of aromatic nitrogens is 3. The van der Waals surface area contributed by atoms with Gasteiger partial charge in [-0.15, -0.1) is 0 Å². The molecule has 1 fully saturated rings. The third-order valence-electron chi connectivity index (χ3n) is 3.84. The molecule has 2 aromatic rings. The summed E-state index contributed by atoms with van der Waals surface area (Å²) in [4.78, 5) is 6.43. The van der Waals surface area contributed by atoms with Crippen molar-refractivity contribution in [2.75, 3.05) is 19.6 Å². The highest BCUT2D eigenvalue weighted by Gasteiger charge is 2.20. The van der Waals surface area contributed by atoms with Crippen molar-refractivity contribution >= 4 is 6.08 Å². The SMILES string of the molecule is Fc1ccc(C=CCN2CCCC(n3cncn3)C2)cc1. The van der Waals surface area contributed by atoms with Crippen molar-refractivity contribution in [2.24, 2.45) is 0 Å². The Morgan fingerprint density at radius 1 is 1.29 bits per heavy atom. The number of hydrogen-bond acceptors (Lipinski definition) is 3. The molecular weight excluding hydrogens is 267 g/mol. The molecule has 0 spiro atoms. The molecule has 4 nitrogen and oxygen atoms in total. The summed E-state index contributed by atoms with van der Waals surface area (Å²) in [6, 6.07) is 6.98. The maximum atomic E-state index is 12.8. The summed E-state index contributed by atoms with van der Waals surface area (Å²) in [5, 5.41) is 4.24. The van der Waals surface area contributed by atoms with Crippen molar-refractivity contribution in [1.29, 1.82) is 0 Å². The van der Waals surface area contributed by atoms with Gasteiger partial charge in [0.1, 0.15) is 18.5 Å². The van der Waals surface area contributed by atoms with E-state index in [9.17, 15) is 4.39 Å². The summed E-state index contributed by atoms with van der Waals surface area (Å²) in [6.45, 7) is 3.01. The van der Waals surface area contributed by atoms with Crippen molar-refractivity contribution in [2.45, 2.75) is 18.9 Å². The Morgan fingerprint density at radius 3 is 2.90 bits per heavy atom. The number of rotatable bonds is 4. The second-order valence-electron chi connectivity index (χ2n) is 5.39. The average Bonchev–Trinajstić information content (AvgIpc) is 3.04. The van der Waals surface area contributed by atoms with Gasteiger partial charge in [0, 0.05) is 13.1 Å². The maximum Gasteiger partial charge on any atom is 0.137 e. The van der Waals surface area contributed by atoms with E-state index in [4.69, 9.17) is 0 Å². The molecule has 0 N–H and O–H groups in total. The van der Waals surface area contributed by atoms with E-state index in [2.05, 4.69) is 21.1 Å². The predicted octanol–water partition coefficient (Wildman–Crippen LogP) is 2.77. The molecule has 3 rings (SSSR count). The quantitative estimate of drug-likeness (QED) is 0.866. The second kappa shape index (κ2) is 6.63. The molecule has 1 aromatic heterocycles. The van der Waals surface area contributed by atoms with Crippen LogP contribution in [0.4, 0.5) is 4.39 Å². The van der Waals surface area contributed by atoms with E-state index in [1.54, 1.807) is 24.8 Å². The van der Waals surface area contributed by atoms with Crippen LogP contribution in [0.5, 0.6) is 0 Å². The summed E-state index contributed by atoms with van der Waals surface area (Å²) in [6.07, 6.45) is 9.89. The molecule has 5 heteroatoms. The van der Waals surface area contributed by atoms with E-state index < -0.39 is 0 Å². The number of halogens is 1. The van der Waals surface area contributed by atoms with Gasteiger partial charge in [-0.3, -0.25) is 4.90 Å². The van der Waals surface area contributed by atoms with E-state index in [-0.39, 0.29) is 5.82 Å². The monoisotopic (exact) mass is 286 g/mol. The molecule has 110 valence electrons. The molecule has 0 bridgehead atoms. The van der Waals surface area contributed by atoms with Crippen LogP contribution >= 0.6 is 0 Å². The van der Waals surface area contributed by atoms with E-state index in [0.29, 0.717) is 6.04 Å². The standard InChI is InChI=1S/C16H19FN4/c17-15-7-5-14(6-8-15)3-1-9-20-10-2-4-16(11-20)21-13-18-12-19-21/h1,3,5-8,12-13,16H,2,4,9-11H2. The van der Waals surface area contributed by atoms with Gasteiger partial charge in [0.25, 0.3) is 0 Å². The van der Waals surface area contributed by atoms with Crippen LogP contribution < -0.4 is 0 Å². The third kappa shape index (κ3) is 3.76. The Hall–Kier alpha value is -2.01. The molecule has 0 aliphatic carbocycles.